The lowest BCUT2D eigenvalue weighted by Crippen LogP contribution is -2.41. The first-order valence-electron chi connectivity index (χ1n) is 11.6. The molecule has 4 rings (SSSR count). The summed E-state index contributed by atoms with van der Waals surface area (Å²) in [4.78, 5) is 21.2. The highest BCUT2D eigenvalue weighted by molar-refractivity contribution is 7.89. The Morgan fingerprint density at radius 2 is 1.74 bits per heavy atom. The number of amides is 1. The number of nitrogens with zero attached hydrogens (tertiary/aromatic N) is 2. The van der Waals surface area contributed by atoms with Gasteiger partial charge in [0.15, 0.2) is 0 Å². The quantitative estimate of drug-likeness (QED) is 0.531. The van der Waals surface area contributed by atoms with Crippen LogP contribution in [0.15, 0.2) is 72.0 Å². The molecule has 2 aromatic heterocycles. The number of hydrogen-bond acceptors (Lipinski definition) is 5. The van der Waals surface area contributed by atoms with Gasteiger partial charge in [-0.15, -0.1) is 0 Å². The number of hydrogen-bond donors (Lipinski definition) is 2. The van der Waals surface area contributed by atoms with Gasteiger partial charge in [0.2, 0.25) is 15.9 Å². The standard InChI is InChI=1S/C26H30N4O3S/c1-18-16-22(13-15-28-18)20-7-11-25(12-8-20)34(32,33)30-24-9-5-21(6-10-24)26(31)29-19(2)23-4-3-14-27-17-23/h3-4,7-8,11-17,19,21,24,30H,5-6,9-10H2,1-2H3,(H,29,31)/t19-,21-,24-/m1/s1. The van der Waals surface area contributed by atoms with E-state index in [1.807, 2.05) is 50.2 Å². The van der Waals surface area contributed by atoms with E-state index in [0.717, 1.165) is 22.4 Å². The average Bonchev–Trinajstić information content (AvgIpc) is 2.85. The first-order chi connectivity index (χ1) is 16.3. The van der Waals surface area contributed by atoms with E-state index in [9.17, 15) is 13.2 Å². The van der Waals surface area contributed by atoms with Crippen molar-refractivity contribution in [2.45, 2.75) is 56.5 Å². The minimum atomic E-state index is -3.63. The molecule has 1 aromatic carbocycles. The SMILES string of the molecule is Cc1cc(-c2ccc(S(=O)(=O)N[C@H]3CC[C@H](C(=O)N[C@H](C)c4cccnc4)CC3)cc2)ccn1. The molecule has 0 bridgehead atoms. The van der Waals surface area contributed by atoms with Crippen molar-refractivity contribution in [1.82, 2.24) is 20.0 Å². The van der Waals surface area contributed by atoms with Crippen LogP contribution in [0.25, 0.3) is 11.1 Å². The van der Waals surface area contributed by atoms with Crippen LogP contribution in [0.1, 0.15) is 49.9 Å². The fourth-order valence-corrected chi connectivity index (χ4v) is 5.66. The molecule has 1 amide bonds. The lowest BCUT2D eigenvalue weighted by molar-refractivity contribution is -0.126. The van der Waals surface area contributed by atoms with E-state index in [-0.39, 0.29) is 28.8 Å². The van der Waals surface area contributed by atoms with Crippen LogP contribution in [-0.4, -0.2) is 30.3 Å². The molecule has 1 saturated carbocycles. The third-order valence-electron chi connectivity index (χ3n) is 6.36. The van der Waals surface area contributed by atoms with E-state index in [1.165, 1.54) is 0 Å². The van der Waals surface area contributed by atoms with Gasteiger partial charge in [-0.05, 0) is 86.6 Å². The van der Waals surface area contributed by atoms with Crippen molar-refractivity contribution in [2.75, 3.05) is 0 Å². The Balaban J connectivity index is 1.31. The molecule has 2 N–H and O–H groups in total. The van der Waals surface area contributed by atoms with Crippen LogP contribution >= 0.6 is 0 Å². The molecular weight excluding hydrogens is 448 g/mol. The summed E-state index contributed by atoms with van der Waals surface area (Å²) < 4.78 is 28.7. The number of aryl methyl sites for hydroxylation is 1. The highest BCUT2D eigenvalue weighted by Crippen LogP contribution is 2.27. The first kappa shape index (κ1) is 24.0. The van der Waals surface area contributed by atoms with Crippen LogP contribution in [0.2, 0.25) is 0 Å². The van der Waals surface area contributed by atoms with Crippen LogP contribution in [0.4, 0.5) is 0 Å². The molecule has 1 aliphatic carbocycles. The van der Waals surface area contributed by atoms with Crippen LogP contribution in [0.5, 0.6) is 0 Å². The van der Waals surface area contributed by atoms with E-state index in [0.29, 0.717) is 25.7 Å². The zero-order valence-electron chi connectivity index (χ0n) is 19.4. The average molecular weight is 479 g/mol. The maximum Gasteiger partial charge on any atom is 0.240 e. The second-order valence-electron chi connectivity index (χ2n) is 8.90. The van der Waals surface area contributed by atoms with Gasteiger partial charge in [-0.3, -0.25) is 14.8 Å². The third kappa shape index (κ3) is 5.87. The Morgan fingerprint density at radius 1 is 1.00 bits per heavy atom. The van der Waals surface area contributed by atoms with Gasteiger partial charge < -0.3 is 5.32 Å². The summed E-state index contributed by atoms with van der Waals surface area (Å²) in [7, 11) is -3.63. The van der Waals surface area contributed by atoms with Gasteiger partial charge in [0, 0.05) is 36.2 Å². The number of sulfonamides is 1. The first-order valence-corrected chi connectivity index (χ1v) is 13.1. The van der Waals surface area contributed by atoms with Crippen molar-refractivity contribution >= 4 is 15.9 Å². The zero-order valence-corrected chi connectivity index (χ0v) is 20.3. The molecule has 0 aliphatic heterocycles. The molecule has 34 heavy (non-hydrogen) atoms. The summed E-state index contributed by atoms with van der Waals surface area (Å²) in [5.74, 6) is -0.0948. The summed E-state index contributed by atoms with van der Waals surface area (Å²) in [5.41, 5.74) is 3.81. The molecular formula is C26H30N4O3S. The predicted octanol–water partition coefficient (Wildman–Crippen LogP) is 4.17. The Bertz CT molecular complexity index is 1220. The summed E-state index contributed by atoms with van der Waals surface area (Å²) in [6, 6.07) is 14.3. The normalized spacial score (nSPS) is 19.4. The molecule has 1 aliphatic rings. The van der Waals surface area contributed by atoms with Gasteiger partial charge in [0.25, 0.3) is 0 Å². The van der Waals surface area contributed by atoms with E-state index >= 15 is 0 Å². The molecule has 0 unspecified atom stereocenters. The number of benzene rings is 1. The molecule has 1 fully saturated rings. The lowest BCUT2D eigenvalue weighted by Gasteiger charge is -2.29. The molecule has 1 atom stereocenters. The van der Waals surface area contributed by atoms with Gasteiger partial charge in [0.05, 0.1) is 10.9 Å². The van der Waals surface area contributed by atoms with Crippen molar-refractivity contribution in [2.24, 2.45) is 5.92 Å². The number of rotatable bonds is 7. The number of aromatic nitrogens is 2. The molecule has 2 heterocycles. The predicted molar refractivity (Wildman–Crippen MR) is 131 cm³/mol. The molecule has 0 saturated heterocycles. The van der Waals surface area contributed by atoms with Crippen LogP contribution in [-0.2, 0) is 14.8 Å². The van der Waals surface area contributed by atoms with Gasteiger partial charge >= 0.3 is 0 Å². The highest BCUT2D eigenvalue weighted by Gasteiger charge is 2.29. The Labute approximate surface area is 201 Å². The van der Waals surface area contributed by atoms with Crippen molar-refractivity contribution in [3.05, 3.63) is 78.4 Å². The van der Waals surface area contributed by atoms with Gasteiger partial charge in [-0.25, -0.2) is 13.1 Å². The topological polar surface area (TPSA) is 101 Å². The van der Waals surface area contributed by atoms with Crippen molar-refractivity contribution in [3.63, 3.8) is 0 Å². The molecule has 8 heteroatoms. The smallest absolute Gasteiger partial charge is 0.240 e. The Kier molecular flexibility index (Phi) is 7.38. The monoisotopic (exact) mass is 478 g/mol. The van der Waals surface area contributed by atoms with Crippen LogP contribution in [0, 0.1) is 12.8 Å². The van der Waals surface area contributed by atoms with Gasteiger partial charge in [-0.1, -0.05) is 18.2 Å². The lowest BCUT2D eigenvalue weighted by atomic mass is 9.85. The summed E-state index contributed by atoms with van der Waals surface area (Å²) in [6.07, 6.45) is 7.77. The molecule has 0 radical (unpaired) electrons. The molecule has 7 nitrogen and oxygen atoms in total. The number of pyridine rings is 2. The maximum atomic E-state index is 12.9. The highest BCUT2D eigenvalue weighted by atomic mass is 32.2. The number of carbonyl (C=O) groups excluding carboxylic acids is 1. The summed E-state index contributed by atoms with van der Waals surface area (Å²) in [5, 5.41) is 3.06. The summed E-state index contributed by atoms with van der Waals surface area (Å²) in [6.45, 7) is 3.86. The van der Waals surface area contributed by atoms with Gasteiger partial charge in [0.1, 0.15) is 0 Å². The molecule has 0 spiro atoms. The fraction of sp³-hybridized carbons (Fsp3) is 0.346. The second kappa shape index (κ2) is 10.4. The van der Waals surface area contributed by atoms with Crippen LogP contribution in [0.3, 0.4) is 0 Å². The minimum Gasteiger partial charge on any atom is -0.349 e. The zero-order chi connectivity index (χ0) is 24.1. The largest absolute Gasteiger partial charge is 0.349 e. The maximum absolute atomic E-state index is 12.9. The molecule has 3 aromatic rings. The van der Waals surface area contributed by atoms with Crippen molar-refractivity contribution in [3.8, 4) is 11.1 Å². The van der Waals surface area contributed by atoms with Crippen molar-refractivity contribution < 1.29 is 13.2 Å². The van der Waals surface area contributed by atoms with Crippen molar-refractivity contribution in [1.29, 1.82) is 0 Å². The van der Waals surface area contributed by atoms with E-state index in [2.05, 4.69) is 20.0 Å². The van der Waals surface area contributed by atoms with Gasteiger partial charge in [-0.2, -0.15) is 0 Å². The van der Waals surface area contributed by atoms with E-state index < -0.39 is 10.0 Å². The van der Waals surface area contributed by atoms with E-state index in [4.69, 9.17) is 0 Å². The minimum absolute atomic E-state index is 0.0135. The third-order valence-corrected chi connectivity index (χ3v) is 7.89. The summed E-state index contributed by atoms with van der Waals surface area (Å²) >= 11 is 0. The number of nitrogens with one attached hydrogen (secondary N) is 2. The number of carbonyl (C=O) groups is 1. The fourth-order valence-electron chi connectivity index (χ4n) is 4.36. The van der Waals surface area contributed by atoms with Crippen LogP contribution < -0.4 is 10.0 Å². The second-order valence-corrected chi connectivity index (χ2v) is 10.6. The Morgan fingerprint density at radius 3 is 2.38 bits per heavy atom. The molecule has 178 valence electrons. The van der Waals surface area contributed by atoms with E-state index in [1.54, 1.807) is 30.7 Å². The Hall–Kier alpha value is -3.10.